The molecule has 2 heteroatoms. The summed E-state index contributed by atoms with van der Waals surface area (Å²) in [7, 11) is 0. The third kappa shape index (κ3) is 2.75. The lowest BCUT2D eigenvalue weighted by Crippen LogP contribution is -1.99. The van der Waals surface area contributed by atoms with Crippen LogP contribution in [0.5, 0.6) is 0 Å². The van der Waals surface area contributed by atoms with Gasteiger partial charge in [-0.15, -0.1) is 0 Å². The van der Waals surface area contributed by atoms with Gasteiger partial charge in [0.25, 0.3) is 0 Å². The van der Waals surface area contributed by atoms with Gasteiger partial charge < -0.3 is 5.73 Å². The lowest BCUT2D eigenvalue weighted by Gasteiger charge is -1.99. The molecule has 1 aromatic rings. The van der Waals surface area contributed by atoms with Crippen LogP contribution < -0.4 is 5.73 Å². The standard InChI is InChI=1S/C11H14N2/c1-3-11(12)13-9(2)10-7-5-4-6-8-10/h3-8H,12H2,1-2H3/b11-3-,13-9?. The maximum atomic E-state index is 5.58. The molecule has 1 aromatic carbocycles. The van der Waals surface area contributed by atoms with Gasteiger partial charge in [0.15, 0.2) is 0 Å². The predicted molar refractivity (Wildman–Crippen MR) is 56.6 cm³/mol. The van der Waals surface area contributed by atoms with Crippen LogP contribution in [0.4, 0.5) is 0 Å². The van der Waals surface area contributed by atoms with Gasteiger partial charge in [-0.1, -0.05) is 30.3 Å². The van der Waals surface area contributed by atoms with Gasteiger partial charge in [0.05, 0.1) is 0 Å². The molecule has 0 spiro atoms. The Bertz CT molecular complexity index is 323. The van der Waals surface area contributed by atoms with Gasteiger partial charge in [-0.05, 0) is 25.5 Å². The average Bonchev–Trinajstić information content (AvgIpc) is 2.19. The van der Waals surface area contributed by atoms with Gasteiger partial charge in [-0.3, -0.25) is 0 Å². The summed E-state index contributed by atoms with van der Waals surface area (Å²) in [6.07, 6.45) is 1.78. The zero-order valence-electron chi connectivity index (χ0n) is 7.99. The first-order chi connectivity index (χ1) is 6.24. The van der Waals surface area contributed by atoms with Crippen molar-refractivity contribution in [2.75, 3.05) is 0 Å². The van der Waals surface area contributed by atoms with Crippen LogP contribution in [-0.4, -0.2) is 5.71 Å². The summed E-state index contributed by atoms with van der Waals surface area (Å²) < 4.78 is 0. The first kappa shape index (κ1) is 9.52. The van der Waals surface area contributed by atoms with E-state index in [2.05, 4.69) is 4.99 Å². The zero-order valence-corrected chi connectivity index (χ0v) is 7.99. The molecule has 0 amide bonds. The highest BCUT2D eigenvalue weighted by Crippen LogP contribution is 2.02. The molecule has 0 aliphatic carbocycles. The smallest absolute Gasteiger partial charge is 0.119 e. The second kappa shape index (κ2) is 4.45. The van der Waals surface area contributed by atoms with Gasteiger partial charge in [0.2, 0.25) is 0 Å². The van der Waals surface area contributed by atoms with Crippen LogP contribution in [0.3, 0.4) is 0 Å². The van der Waals surface area contributed by atoms with Crippen molar-refractivity contribution in [2.24, 2.45) is 10.7 Å². The lowest BCUT2D eigenvalue weighted by molar-refractivity contribution is 1.22. The van der Waals surface area contributed by atoms with E-state index < -0.39 is 0 Å². The summed E-state index contributed by atoms with van der Waals surface area (Å²) in [5.74, 6) is 0.557. The van der Waals surface area contributed by atoms with Crippen LogP contribution in [-0.2, 0) is 0 Å². The molecule has 1 rings (SSSR count). The molecule has 0 aliphatic rings. The molecule has 0 heterocycles. The molecule has 0 radical (unpaired) electrons. The number of aliphatic imine (C=N–C) groups is 1. The Morgan fingerprint density at radius 2 is 1.92 bits per heavy atom. The SMILES string of the molecule is C/C=C(/N)N=C(C)c1ccccc1. The Hall–Kier alpha value is -1.57. The van der Waals surface area contributed by atoms with Crippen molar-refractivity contribution in [1.82, 2.24) is 0 Å². The fourth-order valence-corrected chi connectivity index (χ4v) is 1.00. The Balaban J connectivity index is 2.92. The fraction of sp³-hybridized carbons (Fsp3) is 0.182. The van der Waals surface area contributed by atoms with Gasteiger partial charge in [0, 0.05) is 5.71 Å². The van der Waals surface area contributed by atoms with E-state index in [-0.39, 0.29) is 0 Å². The number of rotatable bonds is 2. The molecule has 0 bridgehead atoms. The van der Waals surface area contributed by atoms with E-state index in [0.717, 1.165) is 11.3 Å². The number of benzene rings is 1. The third-order valence-corrected chi connectivity index (χ3v) is 1.78. The summed E-state index contributed by atoms with van der Waals surface area (Å²) in [6.45, 7) is 3.82. The van der Waals surface area contributed by atoms with Crippen LogP contribution >= 0.6 is 0 Å². The van der Waals surface area contributed by atoms with Crippen molar-refractivity contribution < 1.29 is 0 Å². The van der Waals surface area contributed by atoms with E-state index in [1.807, 2.05) is 44.2 Å². The van der Waals surface area contributed by atoms with E-state index in [0.29, 0.717) is 5.82 Å². The van der Waals surface area contributed by atoms with Gasteiger partial charge >= 0.3 is 0 Å². The average molecular weight is 174 g/mol. The molecule has 0 aromatic heterocycles. The van der Waals surface area contributed by atoms with Crippen LogP contribution in [0.15, 0.2) is 47.2 Å². The Morgan fingerprint density at radius 1 is 1.31 bits per heavy atom. The lowest BCUT2D eigenvalue weighted by atomic mass is 10.1. The monoisotopic (exact) mass is 174 g/mol. The van der Waals surface area contributed by atoms with Crippen molar-refractivity contribution in [3.05, 3.63) is 47.8 Å². The minimum atomic E-state index is 0.557. The summed E-state index contributed by atoms with van der Waals surface area (Å²) in [6, 6.07) is 9.99. The second-order valence-electron chi connectivity index (χ2n) is 2.78. The Morgan fingerprint density at radius 3 is 2.46 bits per heavy atom. The largest absolute Gasteiger partial charge is 0.384 e. The van der Waals surface area contributed by atoms with Crippen LogP contribution in [0.1, 0.15) is 19.4 Å². The first-order valence-electron chi connectivity index (χ1n) is 4.26. The van der Waals surface area contributed by atoms with Crippen molar-refractivity contribution in [3.63, 3.8) is 0 Å². The van der Waals surface area contributed by atoms with Crippen molar-refractivity contribution in [2.45, 2.75) is 13.8 Å². The molecule has 0 atom stereocenters. The minimum absolute atomic E-state index is 0.557. The maximum absolute atomic E-state index is 5.58. The number of nitrogens with two attached hydrogens (primary N) is 1. The molecule has 0 saturated heterocycles. The van der Waals surface area contributed by atoms with Gasteiger partial charge in [0.1, 0.15) is 5.82 Å². The summed E-state index contributed by atoms with van der Waals surface area (Å²) in [4.78, 5) is 4.22. The molecular weight excluding hydrogens is 160 g/mol. The van der Waals surface area contributed by atoms with Crippen molar-refractivity contribution in [1.29, 1.82) is 0 Å². The number of hydrogen-bond donors (Lipinski definition) is 1. The van der Waals surface area contributed by atoms with E-state index in [9.17, 15) is 0 Å². The maximum Gasteiger partial charge on any atom is 0.119 e. The molecule has 0 aliphatic heterocycles. The van der Waals surface area contributed by atoms with E-state index >= 15 is 0 Å². The molecule has 0 unspecified atom stereocenters. The quantitative estimate of drug-likeness (QED) is 0.686. The Labute approximate surface area is 78.8 Å². The molecular formula is C11H14N2. The van der Waals surface area contributed by atoms with Crippen LogP contribution in [0.2, 0.25) is 0 Å². The molecule has 0 saturated carbocycles. The van der Waals surface area contributed by atoms with E-state index in [4.69, 9.17) is 5.73 Å². The van der Waals surface area contributed by atoms with E-state index in [1.165, 1.54) is 0 Å². The zero-order chi connectivity index (χ0) is 9.68. The molecule has 2 N–H and O–H groups in total. The highest BCUT2D eigenvalue weighted by Gasteiger charge is 1.94. The topological polar surface area (TPSA) is 38.4 Å². The number of allylic oxidation sites excluding steroid dienone is 1. The van der Waals surface area contributed by atoms with Crippen molar-refractivity contribution >= 4 is 5.71 Å². The second-order valence-corrected chi connectivity index (χ2v) is 2.78. The number of hydrogen-bond acceptors (Lipinski definition) is 2. The fourth-order valence-electron chi connectivity index (χ4n) is 1.00. The predicted octanol–water partition coefficient (Wildman–Crippen LogP) is 2.32. The van der Waals surface area contributed by atoms with Crippen LogP contribution in [0, 0.1) is 0 Å². The Kier molecular flexibility index (Phi) is 3.26. The summed E-state index contributed by atoms with van der Waals surface area (Å²) in [5.41, 5.74) is 7.63. The first-order valence-corrected chi connectivity index (χ1v) is 4.26. The summed E-state index contributed by atoms with van der Waals surface area (Å²) in [5, 5.41) is 0. The molecule has 13 heavy (non-hydrogen) atoms. The molecule has 2 nitrogen and oxygen atoms in total. The van der Waals surface area contributed by atoms with E-state index in [1.54, 1.807) is 6.08 Å². The third-order valence-electron chi connectivity index (χ3n) is 1.78. The summed E-state index contributed by atoms with van der Waals surface area (Å²) >= 11 is 0. The molecule has 0 fully saturated rings. The normalized spacial score (nSPS) is 13.1. The minimum Gasteiger partial charge on any atom is -0.384 e. The highest BCUT2D eigenvalue weighted by molar-refractivity contribution is 5.99. The van der Waals surface area contributed by atoms with Gasteiger partial charge in [-0.25, -0.2) is 4.99 Å². The molecule has 68 valence electrons. The van der Waals surface area contributed by atoms with Crippen molar-refractivity contribution in [3.8, 4) is 0 Å². The van der Waals surface area contributed by atoms with Crippen LogP contribution in [0.25, 0.3) is 0 Å². The number of nitrogens with zero attached hydrogens (tertiary/aromatic N) is 1. The van der Waals surface area contributed by atoms with Gasteiger partial charge in [-0.2, -0.15) is 0 Å². The highest BCUT2D eigenvalue weighted by atomic mass is 14.9.